The molecule has 3 aromatic heterocycles. The molecule has 1 aliphatic rings. The number of halogens is 2. The molecule has 2 N–H and O–H groups in total. The molecular formula is C17H15F2N3O. The lowest BCUT2D eigenvalue weighted by Gasteiger charge is -1.99. The lowest BCUT2D eigenvalue weighted by atomic mass is 10.1. The van der Waals surface area contributed by atoms with E-state index in [0.29, 0.717) is 12.1 Å². The number of aromatic amines is 2. The van der Waals surface area contributed by atoms with Gasteiger partial charge in [-0.05, 0) is 36.1 Å². The van der Waals surface area contributed by atoms with Crippen LogP contribution in [-0.4, -0.2) is 27.2 Å². The Bertz CT molecular complexity index is 867. The van der Waals surface area contributed by atoms with Crippen LogP contribution in [0.2, 0.25) is 0 Å². The molecule has 118 valence electrons. The van der Waals surface area contributed by atoms with E-state index in [1.807, 2.05) is 18.3 Å². The van der Waals surface area contributed by atoms with Gasteiger partial charge in [-0.25, -0.2) is 13.8 Å². The average Bonchev–Trinajstić information content (AvgIpc) is 2.95. The van der Waals surface area contributed by atoms with Crippen molar-refractivity contribution in [3.05, 3.63) is 42.5 Å². The van der Waals surface area contributed by atoms with Crippen LogP contribution in [0.1, 0.15) is 23.3 Å². The number of carbonyl (C=O) groups excluding carboxylic acids is 1. The first-order chi connectivity index (χ1) is 11.1. The predicted octanol–water partition coefficient (Wildman–Crippen LogP) is 4.03. The molecule has 23 heavy (non-hydrogen) atoms. The number of nitrogens with zero attached hydrogens (tertiary/aromatic N) is 1. The quantitative estimate of drug-likeness (QED) is 0.698. The van der Waals surface area contributed by atoms with E-state index in [9.17, 15) is 13.6 Å². The molecule has 1 saturated carbocycles. The summed E-state index contributed by atoms with van der Waals surface area (Å²) in [5.74, 6) is -0.506. The van der Waals surface area contributed by atoms with Crippen LogP contribution in [0.3, 0.4) is 0 Å². The normalized spacial score (nSPS) is 20.3. The van der Waals surface area contributed by atoms with Gasteiger partial charge in [-0.1, -0.05) is 0 Å². The molecule has 1 fully saturated rings. The molecule has 4 rings (SSSR count). The van der Waals surface area contributed by atoms with Crippen LogP contribution in [0.25, 0.3) is 22.2 Å². The van der Waals surface area contributed by atoms with Crippen LogP contribution >= 0.6 is 0 Å². The van der Waals surface area contributed by atoms with Gasteiger partial charge < -0.3 is 9.97 Å². The topological polar surface area (TPSA) is 61.5 Å². The second-order valence-corrected chi connectivity index (χ2v) is 5.99. The highest BCUT2D eigenvalue weighted by molar-refractivity contribution is 6.00. The molecule has 0 aromatic carbocycles. The van der Waals surface area contributed by atoms with E-state index in [1.165, 1.54) is 0 Å². The van der Waals surface area contributed by atoms with Gasteiger partial charge in [-0.15, -0.1) is 0 Å². The summed E-state index contributed by atoms with van der Waals surface area (Å²) >= 11 is 0. The summed E-state index contributed by atoms with van der Waals surface area (Å²) < 4.78 is 24.8. The van der Waals surface area contributed by atoms with E-state index in [2.05, 4.69) is 15.0 Å². The van der Waals surface area contributed by atoms with Crippen LogP contribution in [0.4, 0.5) is 8.78 Å². The van der Waals surface area contributed by atoms with Crippen molar-refractivity contribution in [3.8, 4) is 11.1 Å². The van der Waals surface area contributed by atoms with Crippen molar-refractivity contribution in [2.45, 2.75) is 19.3 Å². The van der Waals surface area contributed by atoms with Gasteiger partial charge >= 0.3 is 0 Å². The first kappa shape index (κ1) is 14.1. The number of nitrogens with one attached hydrogen (secondary N) is 2. The second-order valence-electron chi connectivity index (χ2n) is 5.99. The fourth-order valence-corrected chi connectivity index (χ4v) is 3.16. The summed E-state index contributed by atoms with van der Waals surface area (Å²) in [5, 5.41) is 0.979. The van der Waals surface area contributed by atoms with Gasteiger partial charge in [0.1, 0.15) is 5.65 Å². The van der Waals surface area contributed by atoms with Crippen LogP contribution in [0.15, 0.2) is 36.8 Å². The standard InChI is InChI=1S/C17H15F2N3O/c18-15(19)7-9-5-13(9)16(23)14-6-10(8-22-14)11-1-3-20-17-12(11)2-4-21-17/h1-4,6,8-9,13,15,22H,5,7H2,(H,20,21)/t9-,13?/m0/s1. The van der Waals surface area contributed by atoms with E-state index < -0.39 is 6.43 Å². The summed E-state index contributed by atoms with van der Waals surface area (Å²) in [7, 11) is 0. The molecule has 0 aliphatic heterocycles. The van der Waals surface area contributed by atoms with Gasteiger partial charge in [0.25, 0.3) is 0 Å². The maximum atomic E-state index is 12.4. The van der Waals surface area contributed by atoms with Gasteiger partial charge in [0.2, 0.25) is 6.43 Å². The van der Waals surface area contributed by atoms with Crippen molar-refractivity contribution in [1.82, 2.24) is 15.0 Å². The average molecular weight is 315 g/mol. The number of hydrogen-bond donors (Lipinski definition) is 2. The summed E-state index contributed by atoms with van der Waals surface area (Å²) in [6.45, 7) is 0. The zero-order chi connectivity index (χ0) is 16.0. The molecule has 2 atom stereocenters. The van der Waals surface area contributed by atoms with Crippen LogP contribution in [0, 0.1) is 11.8 Å². The molecule has 0 spiro atoms. The Morgan fingerprint density at radius 2 is 2.22 bits per heavy atom. The Hall–Kier alpha value is -2.50. The van der Waals surface area contributed by atoms with Crippen LogP contribution < -0.4 is 0 Å². The number of H-pyrrole nitrogens is 2. The Morgan fingerprint density at radius 3 is 3.04 bits per heavy atom. The minimum atomic E-state index is -2.34. The molecule has 3 aromatic rings. The van der Waals surface area contributed by atoms with Crippen molar-refractivity contribution >= 4 is 16.8 Å². The van der Waals surface area contributed by atoms with E-state index in [4.69, 9.17) is 0 Å². The Balaban J connectivity index is 1.58. The van der Waals surface area contributed by atoms with Crippen LogP contribution in [-0.2, 0) is 0 Å². The van der Waals surface area contributed by atoms with E-state index >= 15 is 0 Å². The largest absolute Gasteiger partial charge is 0.358 e. The second kappa shape index (κ2) is 5.30. The van der Waals surface area contributed by atoms with Gasteiger partial charge in [0, 0.05) is 41.9 Å². The molecule has 0 radical (unpaired) electrons. The number of fused-ring (bicyclic) bond motifs is 1. The lowest BCUT2D eigenvalue weighted by Crippen LogP contribution is -2.05. The molecule has 1 aliphatic carbocycles. The first-order valence-corrected chi connectivity index (χ1v) is 7.56. The fourth-order valence-electron chi connectivity index (χ4n) is 3.16. The van der Waals surface area contributed by atoms with Crippen molar-refractivity contribution in [2.24, 2.45) is 11.8 Å². The number of carbonyl (C=O) groups is 1. The molecule has 1 unspecified atom stereocenters. The predicted molar refractivity (Wildman–Crippen MR) is 82.4 cm³/mol. The van der Waals surface area contributed by atoms with Gasteiger partial charge in [0.05, 0.1) is 5.69 Å². The van der Waals surface area contributed by atoms with E-state index in [0.717, 1.165) is 22.2 Å². The van der Waals surface area contributed by atoms with Crippen molar-refractivity contribution in [2.75, 3.05) is 0 Å². The summed E-state index contributed by atoms with van der Waals surface area (Å²) in [4.78, 5) is 22.6. The highest BCUT2D eigenvalue weighted by Gasteiger charge is 2.44. The maximum absolute atomic E-state index is 12.4. The Morgan fingerprint density at radius 1 is 1.35 bits per heavy atom. The molecule has 3 heterocycles. The molecule has 6 heteroatoms. The minimum Gasteiger partial charge on any atom is -0.358 e. The number of hydrogen-bond acceptors (Lipinski definition) is 2. The van der Waals surface area contributed by atoms with Gasteiger partial charge in [-0.2, -0.15) is 0 Å². The van der Waals surface area contributed by atoms with E-state index in [-0.39, 0.29) is 24.0 Å². The molecule has 0 amide bonds. The number of ketones is 1. The third kappa shape index (κ3) is 2.54. The summed E-state index contributed by atoms with van der Waals surface area (Å²) in [6, 6.07) is 5.62. The van der Waals surface area contributed by atoms with Crippen molar-refractivity contribution in [3.63, 3.8) is 0 Å². The molecule has 4 nitrogen and oxygen atoms in total. The fraction of sp³-hybridized carbons (Fsp3) is 0.294. The smallest absolute Gasteiger partial charge is 0.238 e. The highest BCUT2D eigenvalue weighted by atomic mass is 19.3. The van der Waals surface area contributed by atoms with Gasteiger partial charge in [-0.3, -0.25) is 4.79 Å². The SMILES string of the molecule is O=C(c1cc(-c2ccnc3[nH]ccc23)c[nH]1)C1C[C@H]1CC(F)F. The Kier molecular flexibility index (Phi) is 3.25. The molecular weight excluding hydrogens is 300 g/mol. The van der Waals surface area contributed by atoms with Crippen molar-refractivity contribution in [1.29, 1.82) is 0 Å². The first-order valence-electron chi connectivity index (χ1n) is 7.56. The lowest BCUT2D eigenvalue weighted by molar-refractivity contribution is 0.0939. The monoisotopic (exact) mass is 315 g/mol. The van der Waals surface area contributed by atoms with Crippen molar-refractivity contribution < 1.29 is 13.6 Å². The third-order valence-corrected chi connectivity index (χ3v) is 4.46. The number of rotatable bonds is 5. The molecule has 0 saturated heterocycles. The number of pyridine rings is 1. The highest BCUT2D eigenvalue weighted by Crippen LogP contribution is 2.45. The third-order valence-electron chi connectivity index (χ3n) is 4.46. The van der Waals surface area contributed by atoms with Gasteiger partial charge in [0.15, 0.2) is 5.78 Å². The zero-order valence-electron chi connectivity index (χ0n) is 12.2. The Labute approximate surface area is 130 Å². The molecule has 0 bridgehead atoms. The summed E-state index contributed by atoms with van der Waals surface area (Å²) in [5.41, 5.74) is 3.15. The minimum absolute atomic E-state index is 0.0683. The zero-order valence-corrected chi connectivity index (χ0v) is 12.2. The summed E-state index contributed by atoms with van der Waals surface area (Å²) in [6.07, 6.45) is 3.35. The van der Waals surface area contributed by atoms with Crippen LogP contribution in [0.5, 0.6) is 0 Å². The maximum Gasteiger partial charge on any atom is 0.238 e. The number of aromatic nitrogens is 3. The number of Topliss-reactive ketones (excluding diaryl/α,β-unsaturated/α-hetero) is 1. The van der Waals surface area contributed by atoms with E-state index in [1.54, 1.807) is 18.5 Å². The number of alkyl halides is 2.